The van der Waals surface area contributed by atoms with E-state index in [1.54, 1.807) is 0 Å². The summed E-state index contributed by atoms with van der Waals surface area (Å²) in [5, 5.41) is 0. The van der Waals surface area contributed by atoms with Gasteiger partial charge in [0.15, 0.2) is 11.5 Å². The van der Waals surface area contributed by atoms with Crippen LogP contribution in [0.5, 0.6) is 11.5 Å². The van der Waals surface area contributed by atoms with E-state index < -0.39 is 0 Å². The Morgan fingerprint density at radius 2 is 1.75 bits per heavy atom. The first-order valence-corrected chi connectivity index (χ1v) is 6.11. The molecule has 2 heterocycles. The highest BCUT2D eigenvalue weighted by Gasteiger charge is 2.48. The van der Waals surface area contributed by atoms with E-state index in [0.29, 0.717) is 6.79 Å². The third-order valence-corrected chi connectivity index (χ3v) is 3.97. The molecule has 1 aliphatic carbocycles. The van der Waals surface area contributed by atoms with Gasteiger partial charge in [-0.15, -0.1) is 0 Å². The second kappa shape index (κ2) is 3.06. The number of anilines is 1. The van der Waals surface area contributed by atoms with E-state index in [0.717, 1.165) is 23.6 Å². The Balaban J connectivity index is 1.64. The van der Waals surface area contributed by atoms with Crippen molar-refractivity contribution in [3.8, 4) is 11.5 Å². The molecule has 1 saturated carbocycles. The molecule has 0 radical (unpaired) electrons. The van der Waals surface area contributed by atoms with Crippen molar-refractivity contribution in [2.75, 3.05) is 11.7 Å². The Labute approximate surface area is 95.0 Å². The average Bonchev–Trinajstić information content (AvgIpc) is 2.87. The maximum absolute atomic E-state index is 5.42. The van der Waals surface area contributed by atoms with Gasteiger partial charge in [-0.3, -0.25) is 0 Å². The number of nitrogens with zero attached hydrogens (tertiary/aromatic N) is 1. The number of fused-ring (bicyclic) bond motifs is 2. The van der Waals surface area contributed by atoms with Crippen molar-refractivity contribution in [1.29, 1.82) is 0 Å². The molecule has 3 nitrogen and oxygen atoms in total. The molecule has 16 heavy (non-hydrogen) atoms. The fourth-order valence-electron chi connectivity index (χ4n) is 3.13. The fraction of sp³-hybridized carbons (Fsp3) is 0.538. The summed E-state index contributed by atoms with van der Waals surface area (Å²) in [5.41, 5.74) is 1.31. The lowest BCUT2D eigenvalue weighted by Crippen LogP contribution is -2.00. The normalized spacial score (nSPS) is 30.1. The molecule has 1 saturated heterocycles. The standard InChI is InChI=1S/C13H15NO2/c1-2-4-11-10(3-1)14(11)9-5-6-12-13(7-9)16-8-15-12/h5-7,10-11H,1-4,8H2/t10-,11+,14?. The first-order chi connectivity index (χ1) is 7.93. The minimum absolute atomic E-state index is 0.367. The van der Waals surface area contributed by atoms with Crippen molar-refractivity contribution in [2.24, 2.45) is 0 Å². The molecule has 3 aliphatic rings. The van der Waals surface area contributed by atoms with Crippen LogP contribution in [0.25, 0.3) is 0 Å². The fourth-order valence-corrected chi connectivity index (χ4v) is 3.13. The molecule has 0 bridgehead atoms. The van der Waals surface area contributed by atoms with Crippen LogP contribution in [-0.2, 0) is 0 Å². The van der Waals surface area contributed by atoms with E-state index in [1.165, 1.54) is 31.4 Å². The van der Waals surface area contributed by atoms with Gasteiger partial charge in [0.1, 0.15) is 0 Å². The van der Waals surface area contributed by atoms with Crippen LogP contribution in [-0.4, -0.2) is 18.9 Å². The summed E-state index contributed by atoms with van der Waals surface area (Å²) in [6.45, 7) is 0.367. The second-order valence-corrected chi connectivity index (χ2v) is 4.86. The van der Waals surface area contributed by atoms with E-state index in [-0.39, 0.29) is 0 Å². The molecular formula is C13H15NO2. The predicted octanol–water partition coefficient (Wildman–Crippen LogP) is 2.55. The molecule has 0 amide bonds. The number of ether oxygens (including phenoxy) is 2. The molecule has 0 N–H and O–H groups in total. The van der Waals surface area contributed by atoms with E-state index in [4.69, 9.17) is 9.47 Å². The Hall–Kier alpha value is -1.38. The summed E-state index contributed by atoms with van der Waals surface area (Å²) in [7, 11) is 0. The monoisotopic (exact) mass is 217 g/mol. The lowest BCUT2D eigenvalue weighted by Gasteiger charge is -2.06. The summed E-state index contributed by atoms with van der Waals surface area (Å²) in [5.74, 6) is 1.79. The van der Waals surface area contributed by atoms with Crippen LogP contribution in [0.2, 0.25) is 0 Å². The minimum Gasteiger partial charge on any atom is -0.454 e. The van der Waals surface area contributed by atoms with Crippen molar-refractivity contribution < 1.29 is 9.47 Å². The van der Waals surface area contributed by atoms with Crippen molar-refractivity contribution in [1.82, 2.24) is 0 Å². The molecule has 2 atom stereocenters. The molecule has 0 aromatic heterocycles. The van der Waals surface area contributed by atoms with Gasteiger partial charge in [0.2, 0.25) is 6.79 Å². The highest BCUT2D eigenvalue weighted by Crippen LogP contribution is 2.46. The Bertz CT molecular complexity index is 420. The van der Waals surface area contributed by atoms with Crippen molar-refractivity contribution in [2.45, 2.75) is 37.8 Å². The van der Waals surface area contributed by atoms with E-state index in [9.17, 15) is 0 Å². The third-order valence-electron chi connectivity index (χ3n) is 3.97. The summed E-state index contributed by atoms with van der Waals surface area (Å²) >= 11 is 0. The first kappa shape index (κ1) is 8.74. The molecule has 1 aromatic rings. The first-order valence-electron chi connectivity index (χ1n) is 6.11. The second-order valence-electron chi connectivity index (χ2n) is 4.86. The van der Waals surface area contributed by atoms with Gasteiger partial charge in [0.25, 0.3) is 0 Å². The van der Waals surface area contributed by atoms with E-state index >= 15 is 0 Å². The average molecular weight is 217 g/mol. The Morgan fingerprint density at radius 3 is 2.56 bits per heavy atom. The molecule has 84 valence electrons. The molecule has 1 aromatic carbocycles. The van der Waals surface area contributed by atoms with E-state index in [1.807, 2.05) is 6.07 Å². The zero-order valence-corrected chi connectivity index (χ0v) is 9.19. The number of benzene rings is 1. The molecule has 3 heteroatoms. The van der Waals surface area contributed by atoms with Gasteiger partial charge >= 0.3 is 0 Å². The maximum Gasteiger partial charge on any atom is 0.231 e. The van der Waals surface area contributed by atoms with Crippen LogP contribution in [0.15, 0.2) is 18.2 Å². The summed E-state index contributed by atoms with van der Waals surface area (Å²) < 4.78 is 10.8. The number of hydrogen-bond acceptors (Lipinski definition) is 3. The highest BCUT2D eigenvalue weighted by molar-refractivity contribution is 5.63. The SMILES string of the molecule is c1cc2c(cc1N1[C@@H]3CCCC[C@@H]31)OCO2. The largest absolute Gasteiger partial charge is 0.454 e. The van der Waals surface area contributed by atoms with Gasteiger partial charge in [-0.05, 0) is 25.0 Å². The van der Waals surface area contributed by atoms with Gasteiger partial charge in [0, 0.05) is 23.8 Å². The predicted molar refractivity (Wildman–Crippen MR) is 61.1 cm³/mol. The third kappa shape index (κ3) is 1.14. The van der Waals surface area contributed by atoms with Crippen LogP contribution in [0.4, 0.5) is 5.69 Å². The van der Waals surface area contributed by atoms with Gasteiger partial charge in [-0.1, -0.05) is 12.8 Å². The van der Waals surface area contributed by atoms with Gasteiger partial charge in [-0.2, -0.15) is 0 Å². The lowest BCUT2D eigenvalue weighted by molar-refractivity contribution is 0.174. The smallest absolute Gasteiger partial charge is 0.231 e. The van der Waals surface area contributed by atoms with Crippen LogP contribution in [0.3, 0.4) is 0 Å². The zero-order chi connectivity index (χ0) is 10.5. The van der Waals surface area contributed by atoms with Crippen LogP contribution in [0.1, 0.15) is 25.7 Å². The minimum atomic E-state index is 0.367. The van der Waals surface area contributed by atoms with Gasteiger partial charge in [0.05, 0.1) is 0 Å². The van der Waals surface area contributed by atoms with Crippen molar-refractivity contribution in [3.05, 3.63) is 18.2 Å². The molecule has 0 spiro atoms. The van der Waals surface area contributed by atoms with Gasteiger partial charge < -0.3 is 14.4 Å². The van der Waals surface area contributed by atoms with Crippen LogP contribution < -0.4 is 14.4 Å². The molecule has 4 rings (SSSR count). The number of hydrogen-bond donors (Lipinski definition) is 0. The van der Waals surface area contributed by atoms with Gasteiger partial charge in [-0.25, -0.2) is 0 Å². The zero-order valence-electron chi connectivity index (χ0n) is 9.19. The van der Waals surface area contributed by atoms with E-state index in [2.05, 4.69) is 17.0 Å². The van der Waals surface area contributed by atoms with Crippen LogP contribution >= 0.6 is 0 Å². The summed E-state index contributed by atoms with van der Waals surface area (Å²) in [4.78, 5) is 2.54. The quantitative estimate of drug-likeness (QED) is 0.675. The maximum atomic E-state index is 5.42. The highest BCUT2D eigenvalue weighted by atomic mass is 16.7. The summed E-state index contributed by atoms with van der Waals surface area (Å²) in [6.07, 6.45) is 5.50. The lowest BCUT2D eigenvalue weighted by atomic mass is 10.0. The molecule has 0 unspecified atom stereocenters. The Morgan fingerprint density at radius 1 is 1.00 bits per heavy atom. The Kier molecular flexibility index (Phi) is 1.67. The summed E-state index contributed by atoms with van der Waals surface area (Å²) in [6, 6.07) is 7.91. The van der Waals surface area contributed by atoms with Crippen LogP contribution in [0, 0.1) is 0 Å². The topological polar surface area (TPSA) is 21.5 Å². The van der Waals surface area contributed by atoms with Crippen molar-refractivity contribution in [3.63, 3.8) is 0 Å². The molecular weight excluding hydrogens is 202 g/mol. The number of rotatable bonds is 1. The molecule has 2 aliphatic heterocycles. The molecule has 2 fully saturated rings. The van der Waals surface area contributed by atoms with Crippen molar-refractivity contribution >= 4 is 5.69 Å².